The van der Waals surface area contributed by atoms with Crippen molar-refractivity contribution in [2.24, 2.45) is 5.73 Å². The molecule has 2 heterocycles. The van der Waals surface area contributed by atoms with Crippen LogP contribution >= 0.6 is 11.3 Å². The van der Waals surface area contributed by atoms with E-state index < -0.39 is 11.8 Å². The molecule has 6 nitrogen and oxygen atoms in total. The summed E-state index contributed by atoms with van der Waals surface area (Å²) >= 11 is 1.21. The molecule has 2 rings (SSSR count). The summed E-state index contributed by atoms with van der Waals surface area (Å²) in [7, 11) is 0. The van der Waals surface area contributed by atoms with Crippen molar-refractivity contribution in [1.29, 1.82) is 0 Å². The third-order valence-corrected chi connectivity index (χ3v) is 4.00. The lowest BCUT2D eigenvalue weighted by molar-refractivity contribution is 0.0996. The normalized spacial score (nSPS) is 10.4. The number of anilines is 1. The molecule has 7 heteroatoms. The van der Waals surface area contributed by atoms with E-state index in [1.807, 2.05) is 0 Å². The molecule has 0 spiro atoms. The summed E-state index contributed by atoms with van der Waals surface area (Å²) in [5.74, 6) is -1.11. The summed E-state index contributed by atoms with van der Waals surface area (Å²) in [6.07, 6.45) is 0. The number of carbonyl (C=O) groups is 3. The van der Waals surface area contributed by atoms with Crippen LogP contribution in [0, 0.1) is 13.8 Å². The van der Waals surface area contributed by atoms with Gasteiger partial charge >= 0.3 is 0 Å². The van der Waals surface area contributed by atoms with Crippen LogP contribution in [0.3, 0.4) is 0 Å². The zero-order valence-electron chi connectivity index (χ0n) is 11.9. The fourth-order valence-electron chi connectivity index (χ4n) is 2.27. The van der Waals surface area contributed by atoms with E-state index in [1.165, 1.54) is 18.3 Å². The molecule has 0 fully saturated rings. The van der Waals surface area contributed by atoms with Gasteiger partial charge in [0.15, 0.2) is 5.78 Å². The fraction of sp³-hybridized carbons (Fsp3) is 0.214. The number of amides is 2. The van der Waals surface area contributed by atoms with Crippen molar-refractivity contribution in [3.8, 4) is 0 Å². The minimum Gasteiger partial charge on any atom is -0.366 e. The third kappa shape index (κ3) is 2.73. The molecule has 0 unspecified atom stereocenters. The number of Topliss-reactive ketones (excluding diaryl/α,β-unsaturated/α-hetero) is 1. The van der Waals surface area contributed by atoms with Gasteiger partial charge in [0.25, 0.3) is 11.8 Å². The second kappa shape index (κ2) is 5.53. The molecule has 0 aromatic carbocycles. The standard InChI is InChI=1S/C14H15N3O3S/c1-6-10(8(3)18)7(2)16-11(6)13(20)17-14-9(12(15)19)4-5-21-14/h4-5,16H,1-3H3,(H2,15,19)(H,17,20). The van der Waals surface area contributed by atoms with Gasteiger partial charge in [-0.25, -0.2) is 0 Å². The summed E-state index contributed by atoms with van der Waals surface area (Å²) < 4.78 is 0. The molecule has 21 heavy (non-hydrogen) atoms. The SMILES string of the molecule is CC(=O)c1c(C)[nH]c(C(=O)Nc2sccc2C(N)=O)c1C. The molecule has 0 bridgehead atoms. The van der Waals surface area contributed by atoms with Gasteiger partial charge in [-0.05, 0) is 37.8 Å². The Morgan fingerprint density at radius 3 is 2.48 bits per heavy atom. The Bertz CT molecular complexity index is 743. The zero-order valence-corrected chi connectivity index (χ0v) is 12.7. The molecular formula is C14H15N3O3S. The van der Waals surface area contributed by atoms with Crippen molar-refractivity contribution in [3.05, 3.63) is 39.5 Å². The molecule has 2 aromatic rings. The van der Waals surface area contributed by atoms with E-state index in [0.717, 1.165) is 0 Å². The molecule has 2 amide bonds. The minimum absolute atomic E-state index is 0.103. The Kier molecular flexibility index (Phi) is 3.95. The molecule has 4 N–H and O–H groups in total. The molecule has 0 saturated carbocycles. The molecule has 110 valence electrons. The fourth-order valence-corrected chi connectivity index (χ4v) is 3.06. The smallest absolute Gasteiger partial charge is 0.272 e. The highest BCUT2D eigenvalue weighted by atomic mass is 32.1. The molecule has 0 saturated heterocycles. The third-order valence-electron chi connectivity index (χ3n) is 3.17. The van der Waals surface area contributed by atoms with Crippen LogP contribution in [0.4, 0.5) is 5.00 Å². The van der Waals surface area contributed by atoms with Crippen molar-refractivity contribution in [1.82, 2.24) is 4.98 Å². The van der Waals surface area contributed by atoms with Gasteiger partial charge in [-0.2, -0.15) is 0 Å². The van der Waals surface area contributed by atoms with Crippen LogP contribution in [-0.2, 0) is 0 Å². The van der Waals surface area contributed by atoms with E-state index in [4.69, 9.17) is 5.73 Å². The number of nitrogens with one attached hydrogen (secondary N) is 2. The second-order valence-electron chi connectivity index (χ2n) is 4.66. The van der Waals surface area contributed by atoms with E-state index in [2.05, 4.69) is 10.3 Å². The van der Waals surface area contributed by atoms with Gasteiger partial charge < -0.3 is 16.0 Å². The lowest BCUT2D eigenvalue weighted by Crippen LogP contribution is -2.17. The van der Waals surface area contributed by atoms with Crippen molar-refractivity contribution in [2.75, 3.05) is 5.32 Å². The van der Waals surface area contributed by atoms with Gasteiger partial charge in [-0.1, -0.05) is 0 Å². The molecule has 2 aromatic heterocycles. The van der Waals surface area contributed by atoms with E-state index in [-0.39, 0.29) is 11.3 Å². The maximum atomic E-state index is 12.3. The number of aromatic amines is 1. The van der Waals surface area contributed by atoms with Crippen LogP contribution in [0.25, 0.3) is 0 Å². The topological polar surface area (TPSA) is 105 Å². The number of nitrogens with two attached hydrogens (primary N) is 1. The number of primary amides is 1. The Hall–Kier alpha value is -2.41. The van der Waals surface area contributed by atoms with E-state index in [1.54, 1.807) is 25.3 Å². The van der Waals surface area contributed by atoms with Gasteiger partial charge in [0.2, 0.25) is 0 Å². The lowest BCUT2D eigenvalue weighted by Gasteiger charge is -2.04. The largest absolute Gasteiger partial charge is 0.366 e. The van der Waals surface area contributed by atoms with Gasteiger partial charge in [0.05, 0.1) is 5.56 Å². The Morgan fingerprint density at radius 1 is 1.29 bits per heavy atom. The van der Waals surface area contributed by atoms with Crippen LogP contribution < -0.4 is 11.1 Å². The predicted octanol–water partition coefficient (Wildman–Crippen LogP) is 2.25. The number of thiophene rings is 1. The molecule has 0 radical (unpaired) electrons. The van der Waals surface area contributed by atoms with Crippen LogP contribution in [0.2, 0.25) is 0 Å². The maximum absolute atomic E-state index is 12.3. The van der Waals surface area contributed by atoms with Gasteiger partial charge in [0, 0.05) is 11.3 Å². The lowest BCUT2D eigenvalue weighted by atomic mass is 10.1. The Morgan fingerprint density at radius 2 is 1.95 bits per heavy atom. The summed E-state index contributed by atoms with van der Waals surface area (Å²) in [6.45, 7) is 4.90. The maximum Gasteiger partial charge on any atom is 0.272 e. The van der Waals surface area contributed by atoms with Crippen LogP contribution in [0.15, 0.2) is 11.4 Å². The highest BCUT2D eigenvalue weighted by molar-refractivity contribution is 7.14. The first-order valence-corrected chi connectivity index (χ1v) is 7.09. The van der Waals surface area contributed by atoms with Crippen LogP contribution in [-0.4, -0.2) is 22.6 Å². The number of aryl methyl sites for hydroxylation is 1. The van der Waals surface area contributed by atoms with Crippen molar-refractivity contribution < 1.29 is 14.4 Å². The number of H-pyrrole nitrogens is 1. The highest BCUT2D eigenvalue weighted by Gasteiger charge is 2.21. The van der Waals surface area contributed by atoms with E-state index in [9.17, 15) is 14.4 Å². The first-order valence-electron chi connectivity index (χ1n) is 6.21. The number of ketones is 1. The number of hydrogen-bond donors (Lipinski definition) is 3. The van der Waals surface area contributed by atoms with Crippen molar-refractivity contribution >= 4 is 33.9 Å². The summed E-state index contributed by atoms with van der Waals surface area (Å²) in [4.78, 5) is 38.0. The quantitative estimate of drug-likeness (QED) is 0.754. The average Bonchev–Trinajstić information content (AvgIpc) is 2.93. The number of rotatable bonds is 4. The van der Waals surface area contributed by atoms with E-state index in [0.29, 0.717) is 27.5 Å². The first kappa shape index (κ1) is 15.0. The van der Waals surface area contributed by atoms with Crippen molar-refractivity contribution in [3.63, 3.8) is 0 Å². The zero-order chi connectivity index (χ0) is 15.7. The van der Waals surface area contributed by atoms with E-state index >= 15 is 0 Å². The average molecular weight is 305 g/mol. The Labute approximate surface area is 125 Å². The van der Waals surface area contributed by atoms with Crippen molar-refractivity contribution in [2.45, 2.75) is 20.8 Å². The Balaban J connectivity index is 2.33. The number of carbonyl (C=O) groups excluding carboxylic acids is 3. The molecule has 0 aliphatic carbocycles. The predicted molar refractivity (Wildman–Crippen MR) is 81.1 cm³/mol. The number of aromatic nitrogens is 1. The monoisotopic (exact) mass is 305 g/mol. The first-order chi connectivity index (χ1) is 9.82. The highest BCUT2D eigenvalue weighted by Crippen LogP contribution is 2.25. The summed E-state index contributed by atoms with van der Waals surface area (Å²) in [5, 5.41) is 4.71. The molecular weight excluding hydrogens is 290 g/mol. The molecule has 0 aliphatic heterocycles. The van der Waals surface area contributed by atoms with Crippen LogP contribution in [0.1, 0.15) is 49.4 Å². The van der Waals surface area contributed by atoms with Gasteiger partial charge in [-0.3, -0.25) is 14.4 Å². The molecule has 0 atom stereocenters. The van der Waals surface area contributed by atoms with Gasteiger partial charge in [-0.15, -0.1) is 11.3 Å². The van der Waals surface area contributed by atoms with Gasteiger partial charge in [0.1, 0.15) is 10.7 Å². The van der Waals surface area contributed by atoms with Crippen LogP contribution in [0.5, 0.6) is 0 Å². The molecule has 0 aliphatic rings. The summed E-state index contributed by atoms with van der Waals surface area (Å²) in [6, 6.07) is 1.55. The minimum atomic E-state index is -0.602. The second-order valence-corrected chi connectivity index (χ2v) is 5.58. The summed E-state index contributed by atoms with van der Waals surface area (Å²) in [5.41, 5.74) is 7.56. The number of hydrogen-bond acceptors (Lipinski definition) is 4.